The van der Waals surface area contributed by atoms with Crippen molar-refractivity contribution in [1.82, 2.24) is 10.3 Å². The standard InChI is InChI=1S/C13H23N3S2/c1-4-6-14-10(2)12-9-18-13(15-12)16(3)11-5-7-17-8-11/h9-11,14H,4-8H2,1-3H3. The number of aromatic nitrogens is 1. The van der Waals surface area contributed by atoms with Crippen LogP contribution in [0.25, 0.3) is 0 Å². The van der Waals surface area contributed by atoms with E-state index >= 15 is 0 Å². The predicted molar refractivity (Wildman–Crippen MR) is 83.0 cm³/mol. The van der Waals surface area contributed by atoms with Crippen molar-refractivity contribution in [3.63, 3.8) is 0 Å². The molecule has 5 heteroatoms. The molecular formula is C13H23N3S2. The van der Waals surface area contributed by atoms with Crippen molar-refractivity contribution in [3.8, 4) is 0 Å². The molecule has 1 N–H and O–H groups in total. The van der Waals surface area contributed by atoms with Gasteiger partial charge in [0.15, 0.2) is 5.13 Å². The monoisotopic (exact) mass is 285 g/mol. The van der Waals surface area contributed by atoms with Gasteiger partial charge in [-0.2, -0.15) is 11.8 Å². The van der Waals surface area contributed by atoms with E-state index in [1.165, 1.54) is 35.2 Å². The van der Waals surface area contributed by atoms with Crippen LogP contribution in [0.4, 0.5) is 5.13 Å². The van der Waals surface area contributed by atoms with Gasteiger partial charge in [-0.3, -0.25) is 0 Å². The van der Waals surface area contributed by atoms with Crippen molar-refractivity contribution < 1.29 is 0 Å². The van der Waals surface area contributed by atoms with Gasteiger partial charge in [0.25, 0.3) is 0 Å². The molecule has 0 aromatic carbocycles. The first-order chi connectivity index (χ1) is 8.72. The molecule has 0 amide bonds. The van der Waals surface area contributed by atoms with Crippen molar-refractivity contribution >= 4 is 28.2 Å². The first kappa shape index (κ1) is 14.2. The zero-order valence-corrected chi connectivity index (χ0v) is 13.1. The van der Waals surface area contributed by atoms with Crippen molar-refractivity contribution in [2.75, 3.05) is 30.0 Å². The summed E-state index contributed by atoms with van der Waals surface area (Å²) in [5.41, 5.74) is 1.18. The van der Waals surface area contributed by atoms with E-state index in [0.717, 1.165) is 6.54 Å². The Bertz CT molecular complexity index is 361. The van der Waals surface area contributed by atoms with Crippen LogP contribution < -0.4 is 10.2 Å². The molecule has 0 bridgehead atoms. The smallest absolute Gasteiger partial charge is 0.185 e. The molecule has 102 valence electrons. The van der Waals surface area contributed by atoms with Crippen molar-refractivity contribution in [1.29, 1.82) is 0 Å². The lowest BCUT2D eigenvalue weighted by molar-refractivity contribution is 0.560. The topological polar surface area (TPSA) is 28.2 Å². The third-order valence-corrected chi connectivity index (χ3v) is 5.50. The Morgan fingerprint density at radius 2 is 2.44 bits per heavy atom. The van der Waals surface area contributed by atoms with E-state index in [2.05, 4.69) is 48.3 Å². The van der Waals surface area contributed by atoms with E-state index in [9.17, 15) is 0 Å². The van der Waals surface area contributed by atoms with Gasteiger partial charge in [0.2, 0.25) is 0 Å². The van der Waals surface area contributed by atoms with Crippen LogP contribution in [-0.2, 0) is 0 Å². The van der Waals surface area contributed by atoms with Crippen LogP contribution in [0, 0.1) is 0 Å². The Hall–Kier alpha value is -0.260. The molecule has 2 unspecified atom stereocenters. The van der Waals surface area contributed by atoms with Crippen LogP contribution in [0.2, 0.25) is 0 Å². The maximum Gasteiger partial charge on any atom is 0.185 e. The SMILES string of the molecule is CCCNC(C)c1csc(N(C)C2CCSC2)n1. The number of hydrogen-bond acceptors (Lipinski definition) is 5. The number of anilines is 1. The molecule has 0 aliphatic carbocycles. The maximum atomic E-state index is 4.78. The molecule has 1 fully saturated rings. The molecule has 0 radical (unpaired) electrons. The number of nitrogens with zero attached hydrogens (tertiary/aromatic N) is 2. The highest BCUT2D eigenvalue weighted by Gasteiger charge is 2.22. The van der Waals surface area contributed by atoms with Gasteiger partial charge >= 0.3 is 0 Å². The van der Waals surface area contributed by atoms with E-state index in [4.69, 9.17) is 4.98 Å². The molecule has 2 heterocycles. The minimum Gasteiger partial charge on any atom is -0.347 e. The Kier molecular flexibility index (Phi) is 5.33. The lowest BCUT2D eigenvalue weighted by Gasteiger charge is -2.22. The number of thioether (sulfide) groups is 1. The summed E-state index contributed by atoms with van der Waals surface area (Å²) in [6.45, 7) is 5.45. The third kappa shape index (κ3) is 3.39. The quantitative estimate of drug-likeness (QED) is 0.869. The summed E-state index contributed by atoms with van der Waals surface area (Å²) >= 11 is 3.82. The average Bonchev–Trinajstić information content (AvgIpc) is 3.05. The van der Waals surface area contributed by atoms with E-state index in [0.29, 0.717) is 12.1 Å². The van der Waals surface area contributed by atoms with Crippen molar-refractivity contribution in [3.05, 3.63) is 11.1 Å². The molecule has 2 rings (SSSR count). The van der Waals surface area contributed by atoms with E-state index in [-0.39, 0.29) is 0 Å². The van der Waals surface area contributed by atoms with Crippen LogP contribution in [0.5, 0.6) is 0 Å². The van der Waals surface area contributed by atoms with Crippen molar-refractivity contribution in [2.24, 2.45) is 0 Å². The first-order valence-corrected chi connectivity index (χ1v) is 8.75. The molecule has 18 heavy (non-hydrogen) atoms. The second-order valence-corrected chi connectivity index (χ2v) is 6.85. The molecule has 1 aromatic heterocycles. The van der Waals surface area contributed by atoms with Gasteiger partial charge in [-0.1, -0.05) is 6.92 Å². The van der Waals surface area contributed by atoms with Gasteiger partial charge in [0, 0.05) is 30.3 Å². The third-order valence-electron chi connectivity index (χ3n) is 3.41. The second-order valence-electron chi connectivity index (χ2n) is 4.86. The summed E-state index contributed by atoms with van der Waals surface area (Å²) in [5.74, 6) is 2.54. The lowest BCUT2D eigenvalue weighted by atomic mass is 10.2. The molecule has 1 aliphatic heterocycles. The minimum atomic E-state index is 0.362. The minimum absolute atomic E-state index is 0.362. The van der Waals surface area contributed by atoms with E-state index in [1.807, 2.05) is 0 Å². The lowest BCUT2D eigenvalue weighted by Crippen LogP contribution is -2.31. The van der Waals surface area contributed by atoms with Crippen LogP contribution in [0.1, 0.15) is 38.4 Å². The number of thiazole rings is 1. The summed E-state index contributed by atoms with van der Waals surface area (Å²) in [7, 11) is 2.18. The Balaban J connectivity index is 1.96. The molecule has 0 saturated carbocycles. The summed E-state index contributed by atoms with van der Waals surface area (Å²) in [6.07, 6.45) is 2.46. The van der Waals surface area contributed by atoms with E-state index in [1.54, 1.807) is 11.3 Å². The van der Waals surface area contributed by atoms with Gasteiger partial charge in [0.1, 0.15) is 0 Å². The predicted octanol–water partition coefficient (Wildman–Crippen LogP) is 3.15. The van der Waals surface area contributed by atoms with Gasteiger partial charge in [-0.25, -0.2) is 4.98 Å². The number of hydrogen-bond donors (Lipinski definition) is 1. The zero-order valence-electron chi connectivity index (χ0n) is 11.5. The van der Waals surface area contributed by atoms with Gasteiger partial charge in [0.05, 0.1) is 5.69 Å². The molecule has 2 atom stereocenters. The van der Waals surface area contributed by atoms with Gasteiger partial charge in [-0.05, 0) is 32.1 Å². The Morgan fingerprint density at radius 1 is 1.61 bits per heavy atom. The van der Waals surface area contributed by atoms with Crippen LogP contribution >= 0.6 is 23.1 Å². The van der Waals surface area contributed by atoms with Crippen molar-refractivity contribution in [2.45, 2.75) is 38.8 Å². The van der Waals surface area contributed by atoms with Crippen LogP contribution in [-0.4, -0.2) is 36.1 Å². The molecular weight excluding hydrogens is 262 g/mol. The molecule has 0 spiro atoms. The van der Waals surface area contributed by atoms with Crippen LogP contribution in [0.3, 0.4) is 0 Å². The van der Waals surface area contributed by atoms with Gasteiger partial charge < -0.3 is 10.2 Å². The second kappa shape index (κ2) is 6.78. The summed E-state index contributed by atoms with van der Waals surface area (Å²) in [4.78, 5) is 7.14. The molecule has 1 saturated heterocycles. The fourth-order valence-electron chi connectivity index (χ4n) is 2.09. The highest BCUT2D eigenvalue weighted by atomic mass is 32.2. The van der Waals surface area contributed by atoms with Crippen LogP contribution in [0.15, 0.2) is 5.38 Å². The summed E-state index contributed by atoms with van der Waals surface area (Å²) in [6, 6.07) is 1.04. The first-order valence-electron chi connectivity index (χ1n) is 6.71. The summed E-state index contributed by atoms with van der Waals surface area (Å²) in [5, 5.41) is 6.86. The fourth-order valence-corrected chi connectivity index (χ4v) is 4.31. The van der Waals surface area contributed by atoms with E-state index < -0.39 is 0 Å². The molecule has 1 aromatic rings. The highest BCUT2D eigenvalue weighted by Crippen LogP contribution is 2.29. The Labute approximate surface area is 118 Å². The normalized spacial score (nSPS) is 21.2. The Morgan fingerprint density at radius 3 is 3.11 bits per heavy atom. The summed E-state index contributed by atoms with van der Waals surface area (Å²) < 4.78 is 0. The highest BCUT2D eigenvalue weighted by molar-refractivity contribution is 7.99. The average molecular weight is 285 g/mol. The fraction of sp³-hybridized carbons (Fsp3) is 0.769. The maximum absolute atomic E-state index is 4.78. The number of nitrogens with one attached hydrogen (secondary N) is 1. The largest absolute Gasteiger partial charge is 0.347 e. The molecule has 1 aliphatic rings. The van der Waals surface area contributed by atoms with Gasteiger partial charge in [-0.15, -0.1) is 11.3 Å². The molecule has 3 nitrogen and oxygen atoms in total. The number of rotatable bonds is 6. The zero-order chi connectivity index (χ0) is 13.0.